The topological polar surface area (TPSA) is 75.5 Å². The molecule has 0 bridgehead atoms. The van der Waals surface area contributed by atoms with Gasteiger partial charge in [0.15, 0.2) is 0 Å². The zero-order valence-electron chi connectivity index (χ0n) is 14.3. The SMILES string of the molecule is CC(C)(C)c1ccc(=O)n(CCN2CCN(S(C)(=O)=O)CC2)n1. The third-order valence-electron chi connectivity index (χ3n) is 4.06. The molecule has 1 fully saturated rings. The van der Waals surface area contributed by atoms with Gasteiger partial charge in [-0.05, 0) is 6.07 Å². The van der Waals surface area contributed by atoms with E-state index < -0.39 is 10.0 Å². The van der Waals surface area contributed by atoms with Crippen molar-refractivity contribution < 1.29 is 8.42 Å². The first kappa shape index (κ1) is 18.1. The third-order valence-corrected chi connectivity index (χ3v) is 5.37. The number of piperazine rings is 1. The standard InChI is InChI=1S/C15H26N4O3S/c1-15(2,3)13-5-6-14(20)19(16-13)12-9-17-7-10-18(11-8-17)23(4,21)22/h5-6H,7-12H2,1-4H3. The van der Waals surface area contributed by atoms with Crippen LogP contribution in [0.25, 0.3) is 0 Å². The Morgan fingerprint density at radius 3 is 2.22 bits per heavy atom. The molecule has 130 valence electrons. The zero-order chi connectivity index (χ0) is 17.3. The third kappa shape index (κ3) is 4.86. The molecule has 1 aliphatic rings. The molecule has 0 N–H and O–H groups in total. The second-order valence-corrected chi connectivity index (χ2v) is 9.02. The Balaban J connectivity index is 1.96. The summed E-state index contributed by atoms with van der Waals surface area (Å²) in [6.07, 6.45) is 1.24. The smallest absolute Gasteiger partial charge is 0.266 e. The first-order valence-electron chi connectivity index (χ1n) is 7.83. The van der Waals surface area contributed by atoms with Crippen molar-refractivity contribution >= 4 is 10.0 Å². The van der Waals surface area contributed by atoms with Gasteiger partial charge in [0.25, 0.3) is 5.56 Å². The number of rotatable bonds is 4. The van der Waals surface area contributed by atoms with E-state index in [0.29, 0.717) is 39.3 Å². The van der Waals surface area contributed by atoms with Crippen LogP contribution in [0.3, 0.4) is 0 Å². The van der Waals surface area contributed by atoms with E-state index in [2.05, 4.69) is 30.8 Å². The van der Waals surface area contributed by atoms with Gasteiger partial charge < -0.3 is 0 Å². The van der Waals surface area contributed by atoms with Gasteiger partial charge in [-0.2, -0.15) is 9.40 Å². The summed E-state index contributed by atoms with van der Waals surface area (Å²) in [6, 6.07) is 3.35. The summed E-state index contributed by atoms with van der Waals surface area (Å²) < 4.78 is 26.0. The number of hydrogen-bond acceptors (Lipinski definition) is 5. The Kier molecular flexibility index (Phi) is 5.27. The fourth-order valence-corrected chi connectivity index (χ4v) is 3.36. The summed E-state index contributed by atoms with van der Waals surface area (Å²) in [7, 11) is -3.11. The molecular formula is C15H26N4O3S. The van der Waals surface area contributed by atoms with Crippen molar-refractivity contribution in [2.24, 2.45) is 0 Å². The molecule has 23 heavy (non-hydrogen) atoms. The highest BCUT2D eigenvalue weighted by Gasteiger charge is 2.23. The van der Waals surface area contributed by atoms with Crippen molar-refractivity contribution in [3.05, 3.63) is 28.2 Å². The molecule has 0 amide bonds. The Bertz CT molecular complexity index is 698. The molecule has 8 heteroatoms. The minimum Gasteiger partial charge on any atom is -0.299 e. The lowest BCUT2D eigenvalue weighted by Gasteiger charge is -2.33. The zero-order valence-corrected chi connectivity index (χ0v) is 15.1. The summed E-state index contributed by atoms with van der Waals surface area (Å²) in [6.45, 7) is 9.77. The van der Waals surface area contributed by atoms with Crippen LogP contribution in [0.15, 0.2) is 16.9 Å². The summed E-state index contributed by atoms with van der Waals surface area (Å²) in [5.41, 5.74) is 0.683. The van der Waals surface area contributed by atoms with Crippen molar-refractivity contribution in [2.75, 3.05) is 39.0 Å². The Morgan fingerprint density at radius 1 is 1.09 bits per heavy atom. The highest BCUT2D eigenvalue weighted by Crippen LogP contribution is 2.18. The Morgan fingerprint density at radius 2 is 1.70 bits per heavy atom. The molecule has 0 spiro atoms. The van der Waals surface area contributed by atoms with Crippen LogP contribution in [-0.2, 0) is 22.0 Å². The van der Waals surface area contributed by atoms with E-state index in [4.69, 9.17) is 0 Å². The monoisotopic (exact) mass is 342 g/mol. The lowest BCUT2D eigenvalue weighted by atomic mass is 9.92. The van der Waals surface area contributed by atoms with Gasteiger partial charge in [0.2, 0.25) is 10.0 Å². The van der Waals surface area contributed by atoms with Gasteiger partial charge in [-0.25, -0.2) is 13.1 Å². The van der Waals surface area contributed by atoms with Gasteiger partial charge in [-0.1, -0.05) is 20.8 Å². The normalized spacial score (nSPS) is 18.3. The molecule has 1 saturated heterocycles. The highest BCUT2D eigenvalue weighted by atomic mass is 32.2. The molecule has 1 aromatic heterocycles. The van der Waals surface area contributed by atoms with Crippen molar-refractivity contribution in [1.29, 1.82) is 0 Å². The van der Waals surface area contributed by atoms with Gasteiger partial charge >= 0.3 is 0 Å². The fraction of sp³-hybridized carbons (Fsp3) is 0.733. The Hall–Kier alpha value is -1.25. The quantitative estimate of drug-likeness (QED) is 0.777. The summed E-state index contributed by atoms with van der Waals surface area (Å²) in [5, 5.41) is 4.45. The van der Waals surface area contributed by atoms with E-state index in [1.165, 1.54) is 15.2 Å². The minimum absolute atomic E-state index is 0.101. The summed E-state index contributed by atoms with van der Waals surface area (Å²) in [4.78, 5) is 14.1. The van der Waals surface area contributed by atoms with E-state index in [9.17, 15) is 13.2 Å². The lowest BCUT2D eigenvalue weighted by Crippen LogP contribution is -2.49. The first-order chi connectivity index (χ1) is 10.6. The van der Waals surface area contributed by atoms with Crippen LogP contribution in [0.4, 0.5) is 0 Å². The van der Waals surface area contributed by atoms with Gasteiger partial charge in [0, 0.05) is 44.2 Å². The maximum absolute atomic E-state index is 11.9. The number of nitrogens with zero attached hydrogens (tertiary/aromatic N) is 4. The van der Waals surface area contributed by atoms with E-state index in [1.807, 2.05) is 0 Å². The Labute approximate surface area is 137 Å². The molecule has 7 nitrogen and oxygen atoms in total. The molecule has 0 radical (unpaired) electrons. The van der Waals surface area contributed by atoms with Crippen LogP contribution >= 0.6 is 0 Å². The number of sulfonamides is 1. The molecule has 1 aliphatic heterocycles. The molecule has 0 aliphatic carbocycles. The summed E-state index contributed by atoms with van der Waals surface area (Å²) >= 11 is 0. The average Bonchev–Trinajstić information content (AvgIpc) is 2.44. The van der Waals surface area contributed by atoms with E-state index in [1.54, 1.807) is 12.1 Å². The van der Waals surface area contributed by atoms with Crippen LogP contribution in [0.5, 0.6) is 0 Å². The van der Waals surface area contributed by atoms with Crippen molar-refractivity contribution in [3.63, 3.8) is 0 Å². The molecule has 2 heterocycles. The van der Waals surface area contributed by atoms with E-state index >= 15 is 0 Å². The molecule has 1 aromatic rings. The maximum Gasteiger partial charge on any atom is 0.266 e. The van der Waals surface area contributed by atoms with Gasteiger partial charge in [-0.15, -0.1) is 0 Å². The van der Waals surface area contributed by atoms with Crippen LogP contribution in [-0.4, -0.2) is 66.4 Å². The van der Waals surface area contributed by atoms with E-state index in [0.717, 1.165) is 5.69 Å². The molecule has 0 saturated carbocycles. The predicted octanol–water partition coefficient (Wildman–Crippen LogP) is 0.118. The van der Waals surface area contributed by atoms with Crippen molar-refractivity contribution in [1.82, 2.24) is 19.0 Å². The molecule has 2 rings (SSSR count). The first-order valence-corrected chi connectivity index (χ1v) is 9.68. The minimum atomic E-state index is -3.11. The number of hydrogen-bond donors (Lipinski definition) is 0. The van der Waals surface area contributed by atoms with Crippen LogP contribution in [0, 0.1) is 0 Å². The lowest BCUT2D eigenvalue weighted by molar-refractivity contribution is 0.180. The van der Waals surface area contributed by atoms with Gasteiger partial charge in [0.05, 0.1) is 18.5 Å². The molecule has 0 aromatic carbocycles. The largest absolute Gasteiger partial charge is 0.299 e. The van der Waals surface area contributed by atoms with Crippen LogP contribution < -0.4 is 5.56 Å². The van der Waals surface area contributed by atoms with Crippen molar-refractivity contribution in [3.8, 4) is 0 Å². The predicted molar refractivity (Wildman–Crippen MR) is 90.1 cm³/mol. The second kappa shape index (κ2) is 6.70. The average molecular weight is 342 g/mol. The molecular weight excluding hydrogens is 316 g/mol. The second-order valence-electron chi connectivity index (χ2n) is 7.03. The highest BCUT2D eigenvalue weighted by molar-refractivity contribution is 7.88. The molecule has 0 atom stereocenters. The van der Waals surface area contributed by atoms with Gasteiger partial charge in [0.1, 0.15) is 0 Å². The van der Waals surface area contributed by atoms with Crippen molar-refractivity contribution in [2.45, 2.75) is 32.7 Å². The summed E-state index contributed by atoms with van der Waals surface area (Å²) in [5.74, 6) is 0. The van der Waals surface area contributed by atoms with E-state index in [-0.39, 0.29) is 11.0 Å². The fourth-order valence-electron chi connectivity index (χ4n) is 2.53. The van der Waals surface area contributed by atoms with Gasteiger partial charge in [-0.3, -0.25) is 9.69 Å². The maximum atomic E-state index is 11.9. The van der Waals surface area contributed by atoms with Crippen LogP contribution in [0.2, 0.25) is 0 Å². The number of aromatic nitrogens is 2. The molecule has 0 unspecified atom stereocenters. The van der Waals surface area contributed by atoms with Crippen LogP contribution in [0.1, 0.15) is 26.5 Å².